The van der Waals surface area contributed by atoms with E-state index in [1.807, 2.05) is 35.2 Å². The number of ether oxygens (including phenoxy) is 1. The lowest BCUT2D eigenvalue weighted by Crippen LogP contribution is -2.32. The molecule has 4 rings (SSSR count). The first-order chi connectivity index (χ1) is 17.7. The van der Waals surface area contributed by atoms with Crippen LogP contribution in [0.2, 0.25) is 0 Å². The van der Waals surface area contributed by atoms with Crippen molar-refractivity contribution >= 4 is 22.8 Å². The molecule has 1 aromatic heterocycles. The first-order valence-corrected chi connectivity index (χ1v) is 13.3. The van der Waals surface area contributed by atoms with Gasteiger partial charge in [-0.1, -0.05) is 37.5 Å². The molecule has 36 heavy (non-hydrogen) atoms. The van der Waals surface area contributed by atoms with Crippen LogP contribution in [0.3, 0.4) is 0 Å². The van der Waals surface area contributed by atoms with Crippen molar-refractivity contribution in [2.45, 2.75) is 64.3 Å². The molecule has 1 aliphatic heterocycles. The summed E-state index contributed by atoms with van der Waals surface area (Å²) in [5.41, 5.74) is 2.69. The van der Waals surface area contributed by atoms with Crippen LogP contribution in [0.1, 0.15) is 67.5 Å². The number of nitrogens with one attached hydrogen (secondary N) is 1. The SMILES string of the molecule is COc1cccc(C(=O)NCCCCCc2nc3ccccc3n2CCC(=O)N2CCCCCC2)c1. The molecule has 1 saturated heterocycles. The van der Waals surface area contributed by atoms with Crippen LogP contribution in [0.4, 0.5) is 0 Å². The molecule has 1 fully saturated rings. The number of nitrogens with zero attached hydrogens (tertiary/aromatic N) is 3. The molecule has 3 aromatic rings. The van der Waals surface area contributed by atoms with E-state index in [0.717, 1.165) is 68.5 Å². The fraction of sp³-hybridized carbons (Fsp3) is 0.483. The van der Waals surface area contributed by atoms with E-state index < -0.39 is 0 Å². The predicted molar refractivity (Wildman–Crippen MR) is 142 cm³/mol. The van der Waals surface area contributed by atoms with Gasteiger partial charge in [0, 0.05) is 44.6 Å². The van der Waals surface area contributed by atoms with Crippen molar-refractivity contribution in [1.29, 1.82) is 0 Å². The van der Waals surface area contributed by atoms with Crippen LogP contribution in [-0.2, 0) is 17.8 Å². The normalized spacial score (nSPS) is 14.0. The van der Waals surface area contributed by atoms with Gasteiger partial charge < -0.3 is 19.5 Å². The smallest absolute Gasteiger partial charge is 0.251 e. The summed E-state index contributed by atoms with van der Waals surface area (Å²) in [6.07, 6.45) is 8.95. The monoisotopic (exact) mass is 490 g/mol. The average Bonchev–Trinajstić information content (AvgIpc) is 3.06. The van der Waals surface area contributed by atoms with Crippen LogP contribution in [0.15, 0.2) is 48.5 Å². The zero-order valence-electron chi connectivity index (χ0n) is 21.4. The molecule has 192 valence electrons. The van der Waals surface area contributed by atoms with Crippen LogP contribution >= 0.6 is 0 Å². The Labute approximate surface area is 213 Å². The fourth-order valence-electron chi connectivity index (χ4n) is 4.90. The second-order valence-electron chi connectivity index (χ2n) is 9.51. The third-order valence-corrected chi connectivity index (χ3v) is 6.94. The van der Waals surface area contributed by atoms with Crippen molar-refractivity contribution in [2.75, 3.05) is 26.7 Å². The highest BCUT2D eigenvalue weighted by molar-refractivity contribution is 5.94. The van der Waals surface area contributed by atoms with E-state index in [0.29, 0.717) is 30.8 Å². The van der Waals surface area contributed by atoms with Gasteiger partial charge in [0.25, 0.3) is 5.91 Å². The van der Waals surface area contributed by atoms with Crippen molar-refractivity contribution in [1.82, 2.24) is 19.8 Å². The zero-order chi connectivity index (χ0) is 25.2. The highest BCUT2D eigenvalue weighted by Gasteiger charge is 2.17. The Kier molecular flexibility index (Phi) is 9.36. The van der Waals surface area contributed by atoms with Crippen LogP contribution in [0.25, 0.3) is 11.0 Å². The number of hydrogen-bond acceptors (Lipinski definition) is 4. The summed E-state index contributed by atoms with van der Waals surface area (Å²) in [4.78, 5) is 32.2. The lowest BCUT2D eigenvalue weighted by Gasteiger charge is -2.20. The number of rotatable bonds is 11. The van der Waals surface area contributed by atoms with E-state index in [4.69, 9.17) is 9.72 Å². The Bertz CT molecular complexity index is 1150. The predicted octanol–water partition coefficient (Wildman–Crippen LogP) is 4.98. The molecular weight excluding hydrogens is 452 g/mol. The Morgan fingerprint density at radius 3 is 2.58 bits per heavy atom. The lowest BCUT2D eigenvalue weighted by molar-refractivity contribution is -0.131. The van der Waals surface area contributed by atoms with Gasteiger partial charge in [-0.2, -0.15) is 0 Å². The van der Waals surface area contributed by atoms with Gasteiger partial charge in [-0.05, 0) is 56.0 Å². The van der Waals surface area contributed by atoms with Crippen molar-refractivity contribution in [3.05, 3.63) is 59.9 Å². The molecule has 2 amide bonds. The molecular formula is C29H38N4O3. The maximum absolute atomic E-state index is 12.9. The lowest BCUT2D eigenvalue weighted by atomic mass is 10.1. The number of carbonyl (C=O) groups is 2. The number of carbonyl (C=O) groups excluding carboxylic acids is 2. The highest BCUT2D eigenvalue weighted by atomic mass is 16.5. The molecule has 0 radical (unpaired) electrons. The number of methoxy groups -OCH3 is 1. The number of fused-ring (bicyclic) bond motifs is 1. The number of imidazole rings is 1. The van der Waals surface area contributed by atoms with E-state index >= 15 is 0 Å². The number of amides is 2. The summed E-state index contributed by atoms with van der Waals surface area (Å²) in [5.74, 6) is 1.90. The minimum absolute atomic E-state index is 0.0789. The molecule has 2 aromatic carbocycles. The van der Waals surface area contributed by atoms with Crippen LogP contribution < -0.4 is 10.1 Å². The van der Waals surface area contributed by atoms with Gasteiger partial charge in [0.1, 0.15) is 11.6 Å². The Morgan fingerprint density at radius 1 is 0.972 bits per heavy atom. The van der Waals surface area contributed by atoms with Crippen molar-refractivity contribution < 1.29 is 14.3 Å². The number of hydrogen-bond donors (Lipinski definition) is 1. The quantitative estimate of drug-likeness (QED) is 0.385. The Balaban J connectivity index is 1.26. The number of likely N-dealkylation sites (tertiary alicyclic amines) is 1. The topological polar surface area (TPSA) is 76.5 Å². The minimum atomic E-state index is -0.0789. The number of aromatic nitrogens is 2. The van der Waals surface area contributed by atoms with Gasteiger partial charge in [-0.15, -0.1) is 0 Å². The largest absolute Gasteiger partial charge is 0.497 e. The molecule has 0 unspecified atom stereocenters. The van der Waals surface area contributed by atoms with Gasteiger partial charge in [0.05, 0.1) is 18.1 Å². The second-order valence-corrected chi connectivity index (χ2v) is 9.51. The van der Waals surface area contributed by atoms with Gasteiger partial charge in [0.2, 0.25) is 5.91 Å². The van der Waals surface area contributed by atoms with Crippen LogP contribution in [0, 0.1) is 0 Å². The van der Waals surface area contributed by atoms with E-state index in [1.54, 1.807) is 19.2 Å². The highest BCUT2D eigenvalue weighted by Crippen LogP contribution is 2.19. The van der Waals surface area contributed by atoms with E-state index in [2.05, 4.69) is 16.0 Å². The van der Waals surface area contributed by atoms with Gasteiger partial charge >= 0.3 is 0 Å². The molecule has 0 spiro atoms. The van der Waals surface area contributed by atoms with Crippen LogP contribution in [-0.4, -0.2) is 53.0 Å². The molecule has 0 aliphatic carbocycles. The zero-order valence-corrected chi connectivity index (χ0v) is 21.4. The molecule has 2 heterocycles. The summed E-state index contributed by atoms with van der Waals surface area (Å²) < 4.78 is 7.43. The first-order valence-electron chi connectivity index (χ1n) is 13.3. The number of benzene rings is 2. The number of aryl methyl sites for hydroxylation is 2. The maximum Gasteiger partial charge on any atom is 0.251 e. The minimum Gasteiger partial charge on any atom is -0.497 e. The summed E-state index contributed by atoms with van der Waals surface area (Å²) >= 11 is 0. The Hall–Kier alpha value is -3.35. The van der Waals surface area contributed by atoms with E-state index in [1.165, 1.54) is 12.8 Å². The second kappa shape index (κ2) is 13.1. The fourth-order valence-corrected chi connectivity index (χ4v) is 4.90. The van der Waals surface area contributed by atoms with Gasteiger partial charge in [-0.3, -0.25) is 9.59 Å². The third kappa shape index (κ3) is 6.86. The van der Waals surface area contributed by atoms with Crippen LogP contribution in [0.5, 0.6) is 5.75 Å². The number of para-hydroxylation sites is 2. The molecule has 7 heteroatoms. The Morgan fingerprint density at radius 2 is 1.78 bits per heavy atom. The average molecular weight is 491 g/mol. The molecule has 0 bridgehead atoms. The summed E-state index contributed by atoms with van der Waals surface area (Å²) in [6.45, 7) is 3.09. The van der Waals surface area contributed by atoms with Crippen molar-refractivity contribution in [3.63, 3.8) is 0 Å². The third-order valence-electron chi connectivity index (χ3n) is 6.94. The first kappa shape index (κ1) is 25.7. The van der Waals surface area contributed by atoms with Crippen molar-refractivity contribution in [3.8, 4) is 5.75 Å². The molecule has 1 N–H and O–H groups in total. The van der Waals surface area contributed by atoms with Gasteiger partial charge in [-0.25, -0.2) is 4.98 Å². The molecule has 0 atom stereocenters. The van der Waals surface area contributed by atoms with Crippen molar-refractivity contribution in [2.24, 2.45) is 0 Å². The summed E-state index contributed by atoms with van der Waals surface area (Å²) in [7, 11) is 1.60. The summed E-state index contributed by atoms with van der Waals surface area (Å²) in [5, 5.41) is 2.99. The number of unbranched alkanes of at least 4 members (excludes halogenated alkanes) is 2. The molecule has 0 saturated carbocycles. The summed E-state index contributed by atoms with van der Waals surface area (Å²) in [6, 6.07) is 15.4. The molecule has 1 aliphatic rings. The van der Waals surface area contributed by atoms with E-state index in [-0.39, 0.29) is 11.8 Å². The maximum atomic E-state index is 12.9. The molecule has 7 nitrogen and oxygen atoms in total. The van der Waals surface area contributed by atoms with E-state index in [9.17, 15) is 9.59 Å². The standard InChI is InChI=1S/C29H38N4O3/c1-36-24-13-11-12-23(22-24)29(35)30-18-8-4-5-16-27-31-25-14-6-7-15-26(25)33(27)21-17-28(34)32-19-9-2-3-10-20-32/h6-7,11-15,22H,2-5,8-10,16-21H2,1H3,(H,30,35). The van der Waals surface area contributed by atoms with Gasteiger partial charge in [0.15, 0.2) is 0 Å².